The highest BCUT2D eigenvalue weighted by Gasteiger charge is 2.21. The zero-order valence-electron chi connectivity index (χ0n) is 14.2. The summed E-state index contributed by atoms with van der Waals surface area (Å²) >= 11 is 0. The van der Waals surface area contributed by atoms with E-state index in [0.29, 0.717) is 19.6 Å². The summed E-state index contributed by atoms with van der Waals surface area (Å²) in [5, 5.41) is 3.02. The number of urea groups is 1. The molecule has 6 heteroatoms. The first kappa shape index (κ1) is 16.2. The molecular formula is C18H23N5O. The first-order valence-corrected chi connectivity index (χ1v) is 8.23. The van der Waals surface area contributed by atoms with Gasteiger partial charge in [0, 0.05) is 45.1 Å². The average Bonchev–Trinajstić information content (AvgIpc) is 2.62. The van der Waals surface area contributed by atoms with Crippen molar-refractivity contribution in [2.45, 2.75) is 20.4 Å². The van der Waals surface area contributed by atoms with Crippen LogP contribution < -0.4 is 10.2 Å². The Morgan fingerprint density at radius 1 is 1.17 bits per heavy atom. The summed E-state index contributed by atoms with van der Waals surface area (Å²) in [6, 6.07) is 6.29. The lowest BCUT2D eigenvalue weighted by molar-refractivity contribution is 0.194. The van der Waals surface area contributed by atoms with Gasteiger partial charge >= 0.3 is 6.03 Å². The third-order valence-corrected chi connectivity index (χ3v) is 4.37. The molecule has 0 radical (unpaired) electrons. The molecule has 1 aliphatic heterocycles. The number of carbonyl (C=O) groups excluding carboxylic acids is 1. The second-order valence-corrected chi connectivity index (χ2v) is 6.13. The van der Waals surface area contributed by atoms with E-state index in [1.54, 1.807) is 18.6 Å². The molecule has 2 aromatic rings. The van der Waals surface area contributed by atoms with Gasteiger partial charge in [-0.1, -0.05) is 23.8 Å². The maximum Gasteiger partial charge on any atom is 0.317 e. The second kappa shape index (κ2) is 7.29. The Bertz CT molecular complexity index is 696. The van der Waals surface area contributed by atoms with Crippen LogP contribution in [0.4, 0.5) is 10.6 Å². The van der Waals surface area contributed by atoms with Gasteiger partial charge in [-0.25, -0.2) is 9.78 Å². The largest absolute Gasteiger partial charge is 0.352 e. The van der Waals surface area contributed by atoms with Crippen molar-refractivity contribution in [3.05, 3.63) is 53.5 Å². The molecule has 1 N–H and O–H groups in total. The fourth-order valence-electron chi connectivity index (χ4n) is 2.92. The number of nitrogens with zero attached hydrogens (tertiary/aromatic N) is 4. The average molecular weight is 325 g/mol. The van der Waals surface area contributed by atoms with Crippen LogP contribution in [0.1, 0.15) is 16.7 Å². The van der Waals surface area contributed by atoms with E-state index in [2.05, 4.69) is 52.2 Å². The van der Waals surface area contributed by atoms with E-state index in [9.17, 15) is 4.79 Å². The fourth-order valence-corrected chi connectivity index (χ4v) is 2.92. The molecule has 6 nitrogen and oxygen atoms in total. The van der Waals surface area contributed by atoms with Gasteiger partial charge in [0.05, 0.1) is 6.20 Å². The molecule has 2 heterocycles. The Morgan fingerprint density at radius 3 is 2.62 bits per heavy atom. The van der Waals surface area contributed by atoms with Gasteiger partial charge < -0.3 is 15.1 Å². The standard InChI is InChI=1S/C18H23N5O/c1-14-3-4-16(15(2)11-14)12-21-18(24)23-9-7-22(8-10-23)17-13-19-5-6-20-17/h3-6,11,13H,7-10,12H2,1-2H3,(H,21,24). The third-order valence-electron chi connectivity index (χ3n) is 4.37. The summed E-state index contributed by atoms with van der Waals surface area (Å²) in [4.78, 5) is 24.8. The van der Waals surface area contributed by atoms with Crippen LogP contribution in [-0.4, -0.2) is 47.1 Å². The van der Waals surface area contributed by atoms with Gasteiger partial charge in [-0.2, -0.15) is 0 Å². The molecule has 126 valence electrons. The normalized spacial score (nSPS) is 14.6. The maximum absolute atomic E-state index is 12.4. The minimum absolute atomic E-state index is 0.00577. The Kier molecular flexibility index (Phi) is 4.93. The summed E-state index contributed by atoms with van der Waals surface area (Å²) in [5.41, 5.74) is 3.61. The van der Waals surface area contributed by atoms with Crippen molar-refractivity contribution in [2.24, 2.45) is 0 Å². The molecule has 0 spiro atoms. The first-order valence-electron chi connectivity index (χ1n) is 8.23. The zero-order valence-corrected chi connectivity index (χ0v) is 14.2. The Morgan fingerprint density at radius 2 is 1.96 bits per heavy atom. The summed E-state index contributed by atoms with van der Waals surface area (Å²) < 4.78 is 0. The SMILES string of the molecule is Cc1ccc(CNC(=O)N2CCN(c3cnccn3)CC2)c(C)c1. The van der Waals surface area contributed by atoms with E-state index < -0.39 is 0 Å². The lowest BCUT2D eigenvalue weighted by Crippen LogP contribution is -2.52. The topological polar surface area (TPSA) is 61.4 Å². The van der Waals surface area contributed by atoms with E-state index in [0.717, 1.165) is 24.5 Å². The summed E-state index contributed by atoms with van der Waals surface area (Å²) in [6.07, 6.45) is 5.12. The smallest absolute Gasteiger partial charge is 0.317 e. The van der Waals surface area contributed by atoms with Gasteiger partial charge in [0.25, 0.3) is 0 Å². The number of carbonyl (C=O) groups is 1. The van der Waals surface area contributed by atoms with Crippen molar-refractivity contribution in [3.63, 3.8) is 0 Å². The molecule has 0 bridgehead atoms. The number of piperazine rings is 1. The van der Waals surface area contributed by atoms with Gasteiger partial charge in [0.2, 0.25) is 0 Å². The van der Waals surface area contributed by atoms with Crippen LogP contribution in [-0.2, 0) is 6.54 Å². The van der Waals surface area contributed by atoms with E-state index >= 15 is 0 Å². The molecule has 1 saturated heterocycles. The van der Waals surface area contributed by atoms with Crippen LogP contribution in [0.3, 0.4) is 0 Å². The molecule has 0 unspecified atom stereocenters. The second-order valence-electron chi connectivity index (χ2n) is 6.13. The molecule has 1 fully saturated rings. The van der Waals surface area contributed by atoms with E-state index in [4.69, 9.17) is 0 Å². The Hall–Kier alpha value is -2.63. The minimum Gasteiger partial charge on any atom is -0.352 e. The van der Waals surface area contributed by atoms with Crippen molar-refractivity contribution in [1.29, 1.82) is 0 Å². The van der Waals surface area contributed by atoms with Crippen molar-refractivity contribution in [3.8, 4) is 0 Å². The number of hydrogen-bond acceptors (Lipinski definition) is 4. The molecule has 3 rings (SSSR count). The fraction of sp³-hybridized carbons (Fsp3) is 0.389. The molecule has 1 aromatic carbocycles. The van der Waals surface area contributed by atoms with E-state index in [1.807, 2.05) is 4.90 Å². The quantitative estimate of drug-likeness (QED) is 0.939. The highest BCUT2D eigenvalue weighted by molar-refractivity contribution is 5.74. The van der Waals surface area contributed by atoms with E-state index in [-0.39, 0.29) is 6.03 Å². The third kappa shape index (κ3) is 3.82. The van der Waals surface area contributed by atoms with Crippen molar-refractivity contribution in [2.75, 3.05) is 31.1 Å². The van der Waals surface area contributed by atoms with Crippen molar-refractivity contribution >= 4 is 11.8 Å². The van der Waals surface area contributed by atoms with Gasteiger partial charge in [-0.3, -0.25) is 4.98 Å². The molecule has 0 atom stereocenters. The summed E-state index contributed by atoms with van der Waals surface area (Å²) in [5.74, 6) is 0.868. The Labute approximate surface area is 142 Å². The van der Waals surface area contributed by atoms with Crippen LogP contribution in [0.2, 0.25) is 0 Å². The van der Waals surface area contributed by atoms with E-state index in [1.165, 1.54) is 11.1 Å². The van der Waals surface area contributed by atoms with Gasteiger partial charge in [0.1, 0.15) is 5.82 Å². The molecule has 1 aromatic heterocycles. The summed E-state index contributed by atoms with van der Waals surface area (Å²) in [6.45, 7) is 7.64. The number of amides is 2. The molecular weight excluding hydrogens is 302 g/mol. The highest BCUT2D eigenvalue weighted by atomic mass is 16.2. The number of aryl methyl sites for hydroxylation is 2. The van der Waals surface area contributed by atoms with Crippen molar-refractivity contribution < 1.29 is 4.79 Å². The maximum atomic E-state index is 12.4. The number of benzene rings is 1. The number of aromatic nitrogens is 2. The monoisotopic (exact) mass is 325 g/mol. The predicted octanol–water partition coefficient (Wildman–Crippen LogP) is 2.13. The number of anilines is 1. The van der Waals surface area contributed by atoms with Crippen LogP contribution >= 0.6 is 0 Å². The van der Waals surface area contributed by atoms with Gasteiger partial charge in [0.15, 0.2) is 0 Å². The number of rotatable bonds is 3. The van der Waals surface area contributed by atoms with Crippen LogP contribution in [0.15, 0.2) is 36.8 Å². The van der Waals surface area contributed by atoms with Gasteiger partial charge in [-0.05, 0) is 25.0 Å². The highest BCUT2D eigenvalue weighted by Crippen LogP contribution is 2.13. The molecule has 0 aliphatic carbocycles. The number of hydrogen-bond donors (Lipinski definition) is 1. The lowest BCUT2D eigenvalue weighted by Gasteiger charge is -2.35. The molecule has 2 amide bonds. The zero-order chi connectivity index (χ0) is 16.9. The lowest BCUT2D eigenvalue weighted by atomic mass is 10.1. The van der Waals surface area contributed by atoms with Crippen LogP contribution in [0.5, 0.6) is 0 Å². The van der Waals surface area contributed by atoms with Gasteiger partial charge in [-0.15, -0.1) is 0 Å². The van der Waals surface area contributed by atoms with Crippen LogP contribution in [0.25, 0.3) is 0 Å². The first-order chi connectivity index (χ1) is 11.6. The Balaban J connectivity index is 1.50. The molecule has 0 saturated carbocycles. The molecule has 1 aliphatic rings. The predicted molar refractivity (Wildman–Crippen MR) is 94.0 cm³/mol. The molecule has 24 heavy (non-hydrogen) atoms. The minimum atomic E-state index is -0.00577. The summed E-state index contributed by atoms with van der Waals surface area (Å²) in [7, 11) is 0. The van der Waals surface area contributed by atoms with Crippen molar-refractivity contribution in [1.82, 2.24) is 20.2 Å². The van der Waals surface area contributed by atoms with Crippen LogP contribution in [0, 0.1) is 13.8 Å². The number of nitrogens with one attached hydrogen (secondary N) is 1.